The standard InChI is InChI=1S/C7H2Br2FN/c1-11-7-5(8)2-4(10)3-6(7)9/h2-3H. The van der Waals surface area contributed by atoms with Crippen molar-refractivity contribution >= 4 is 37.5 Å². The van der Waals surface area contributed by atoms with Gasteiger partial charge in [0.15, 0.2) is 0 Å². The van der Waals surface area contributed by atoms with E-state index in [1.807, 2.05) is 0 Å². The fourth-order valence-corrected chi connectivity index (χ4v) is 1.95. The third kappa shape index (κ3) is 1.79. The van der Waals surface area contributed by atoms with Crippen molar-refractivity contribution in [1.29, 1.82) is 0 Å². The van der Waals surface area contributed by atoms with E-state index in [-0.39, 0.29) is 5.82 Å². The fraction of sp³-hybridized carbons (Fsp3) is 0. The van der Waals surface area contributed by atoms with Crippen LogP contribution in [-0.2, 0) is 0 Å². The Kier molecular flexibility index (Phi) is 2.63. The lowest BCUT2D eigenvalue weighted by Crippen LogP contribution is -1.75. The maximum Gasteiger partial charge on any atom is 0.215 e. The van der Waals surface area contributed by atoms with Crippen LogP contribution in [0, 0.1) is 12.4 Å². The van der Waals surface area contributed by atoms with Crippen LogP contribution >= 0.6 is 31.9 Å². The van der Waals surface area contributed by atoms with E-state index >= 15 is 0 Å². The number of hydrogen-bond acceptors (Lipinski definition) is 0. The van der Waals surface area contributed by atoms with E-state index in [2.05, 4.69) is 36.7 Å². The van der Waals surface area contributed by atoms with Crippen LogP contribution in [0.4, 0.5) is 10.1 Å². The van der Waals surface area contributed by atoms with Gasteiger partial charge >= 0.3 is 0 Å². The van der Waals surface area contributed by atoms with Crippen LogP contribution < -0.4 is 0 Å². The molecule has 0 aromatic heterocycles. The molecule has 0 bridgehead atoms. The Hall–Kier alpha value is -0.400. The normalized spacial score (nSPS) is 9.27. The molecule has 0 fully saturated rings. The molecular formula is C7H2Br2FN. The van der Waals surface area contributed by atoms with Crippen molar-refractivity contribution in [1.82, 2.24) is 0 Å². The van der Waals surface area contributed by atoms with Crippen molar-refractivity contribution < 1.29 is 4.39 Å². The molecule has 1 aromatic rings. The number of rotatable bonds is 0. The van der Waals surface area contributed by atoms with Gasteiger partial charge in [-0.1, -0.05) is 31.9 Å². The molecule has 4 heteroatoms. The molecule has 0 radical (unpaired) electrons. The van der Waals surface area contributed by atoms with Crippen LogP contribution in [0.3, 0.4) is 0 Å². The first-order valence-electron chi connectivity index (χ1n) is 2.67. The van der Waals surface area contributed by atoms with E-state index in [0.717, 1.165) is 0 Å². The first-order chi connectivity index (χ1) is 5.15. The zero-order chi connectivity index (χ0) is 8.43. The molecule has 0 saturated carbocycles. The summed E-state index contributed by atoms with van der Waals surface area (Å²) in [6, 6.07) is 2.52. The molecule has 1 aromatic carbocycles. The van der Waals surface area contributed by atoms with Crippen molar-refractivity contribution in [3.63, 3.8) is 0 Å². The number of benzene rings is 1. The third-order valence-corrected chi connectivity index (χ3v) is 2.30. The molecule has 0 aliphatic rings. The second-order valence-electron chi connectivity index (χ2n) is 1.83. The highest BCUT2D eigenvalue weighted by molar-refractivity contribution is 9.11. The van der Waals surface area contributed by atoms with Gasteiger partial charge in [-0.2, -0.15) is 0 Å². The van der Waals surface area contributed by atoms with Gasteiger partial charge in [0.25, 0.3) is 0 Å². The lowest BCUT2D eigenvalue weighted by molar-refractivity contribution is 0.626. The third-order valence-electron chi connectivity index (χ3n) is 1.09. The van der Waals surface area contributed by atoms with Crippen LogP contribution in [0.5, 0.6) is 0 Å². The summed E-state index contributed by atoms with van der Waals surface area (Å²) >= 11 is 6.15. The molecule has 1 rings (SSSR count). The van der Waals surface area contributed by atoms with E-state index < -0.39 is 0 Å². The van der Waals surface area contributed by atoms with E-state index in [0.29, 0.717) is 14.6 Å². The summed E-state index contributed by atoms with van der Waals surface area (Å²) < 4.78 is 13.5. The molecule has 0 aliphatic carbocycles. The monoisotopic (exact) mass is 277 g/mol. The molecule has 0 saturated heterocycles. The van der Waals surface area contributed by atoms with Crippen molar-refractivity contribution in [3.05, 3.63) is 38.3 Å². The minimum Gasteiger partial charge on any atom is -0.236 e. The van der Waals surface area contributed by atoms with Gasteiger partial charge in [-0.3, -0.25) is 0 Å². The minimum absolute atomic E-state index is 0.365. The summed E-state index contributed by atoms with van der Waals surface area (Å²) in [5.74, 6) is -0.365. The largest absolute Gasteiger partial charge is 0.236 e. The van der Waals surface area contributed by atoms with Crippen LogP contribution in [0.25, 0.3) is 4.85 Å². The van der Waals surface area contributed by atoms with Gasteiger partial charge < -0.3 is 0 Å². The Bertz CT molecular complexity index is 307. The first kappa shape index (κ1) is 8.69. The molecular weight excluding hydrogens is 277 g/mol. The molecule has 0 amide bonds. The topological polar surface area (TPSA) is 4.36 Å². The predicted octanol–water partition coefficient (Wildman–Crippen LogP) is 3.90. The van der Waals surface area contributed by atoms with Crippen LogP contribution in [-0.4, -0.2) is 0 Å². The summed E-state index contributed by atoms with van der Waals surface area (Å²) in [5, 5.41) is 0. The van der Waals surface area contributed by atoms with Gasteiger partial charge in [-0.15, -0.1) is 0 Å². The Morgan fingerprint density at radius 3 is 2.09 bits per heavy atom. The molecule has 0 aliphatic heterocycles. The zero-order valence-corrected chi connectivity index (χ0v) is 8.41. The van der Waals surface area contributed by atoms with Crippen LogP contribution in [0.1, 0.15) is 0 Å². The zero-order valence-electron chi connectivity index (χ0n) is 5.24. The molecule has 11 heavy (non-hydrogen) atoms. The number of nitrogens with zero attached hydrogens (tertiary/aromatic N) is 1. The highest BCUT2D eigenvalue weighted by Crippen LogP contribution is 2.34. The summed E-state index contributed by atoms with van der Waals surface area (Å²) in [6.07, 6.45) is 0. The van der Waals surface area contributed by atoms with E-state index in [4.69, 9.17) is 6.57 Å². The minimum atomic E-state index is -0.365. The Balaban J connectivity index is 3.40. The fourth-order valence-electron chi connectivity index (χ4n) is 0.641. The molecule has 0 N–H and O–H groups in total. The Morgan fingerprint density at radius 1 is 1.27 bits per heavy atom. The lowest BCUT2D eigenvalue weighted by atomic mass is 10.3. The van der Waals surface area contributed by atoms with Gasteiger partial charge in [0, 0.05) is 8.95 Å². The van der Waals surface area contributed by atoms with Crippen LogP contribution in [0.15, 0.2) is 21.1 Å². The highest BCUT2D eigenvalue weighted by Gasteiger charge is 2.05. The number of halogens is 3. The summed E-state index contributed by atoms with van der Waals surface area (Å²) in [6.45, 7) is 6.74. The number of hydrogen-bond donors (Lipinski definition) is 0. The van der Waals surface area contributed by atoms with E-state index in [1.165, 1.54) is 12.1 Å². The van der Waals surface area contributed by atoms with E-state index in [1.54, 1.807) is 0 Å². The summed E-state index contributed by atoms with van der Waals surface area (Å²) in [4.78, 5) is 3.20. The second-order valence-corrected chi connectivity index (χ2v) is 3.54. The second kappa shape index (κ2) is 3.33. The smallest absolute Gasteiger partial charge is 0.215 e. The highest BCUT2D eigenvalue weighted by atomic mass is 79.9. The average Bonchev–Trinajstić information content (AvgIpc) is 1.85. The van der Waals surface area contributed by atoms with Crippen molar-refractivity contribution in [2.75, 3.05) is 0 Å². The molecule has 0 atom stereocenters. The predicted molar refractivity (Wildman–Crippen MR) is 48.1 cm³/mol. The lowest BCUT2D eigenvalue weighted by Gasteiger charge is -1.97. The molecule has 0 spiro atoms. The van der Waals surface area contributed by atoms with Gasteiger partial charge in [-0.05, 0) is 12.1 Å². The van der Waals surface area contributed by atoms with Gasteiger partial charge in [0.1, 0.15) is 5.82 Å². The van der Waals surface area contributed by atoms with Gasteiger partial charge in [0.2, 0.25) is 5.69 Å². The van der Waals surface area contributed by atoms with Crippen molar-refractivity contribution in [2.24, 2.45) is 0 Å². The maximum atomic E-state index is 12.6. The molecule has 56 valence electrons. The quantitative estimate of drug-likeness (QED) is 0.634. The first-order valence-corrected chi connectivity index (χ1v) is 4.25. The molecule has 0 heterocycles. The van der Waals surface area contributed by atoms with E-state index in [9.17, 15) is 4.39 Å². The summed E-state index contributed by atoms with van der Waals surface area (Å²) in [7, 11) is 0. The SMILES string of the molecule is [C-]#[N+]c1c(Br)cc(F)cc1Br. The Labute approximate surface area is 80.3 Å². The van der Waals surface area contributed by atoms with Crippen LogP contribution in [0.2, 0.25) is 0 Å². The van der Waals surface area contributed by atoms with Gasteiger partial charge in [-0.25, -0.2) is 9.24 Å². The molecule has 1 nitrogen and oxygen atoms in total. The summed E-state index contributed by atoms with van der Waals surface area (Å²) in [5.41, 5.74) is 0.395. The Morgan fingerprint density at radius 2 is 1.73 bits per heavy atom. The molecule has 0 unspecified atom stereocenters. The van der Waals surface area contributed by atoms with Gasteiger partial charge in [0.05, 0.1) is 6.57 Å². The maximum absolute atomic E-state index is 12.6. The van der Waals surface area contributed by atoms with Crippen molar-refractivity contribution in [3.8, 4) is 0 Å². The van der Waals surface area contributed by atoms with Crippen molar-refractivity contribution in [2.45, 2.75) is 0 Å². The average molecular weight is 279 g/mol.